The highest BCUT2D eigenvalue weighted by Crippen LogP contribution is 2.31. The monoisotopic (exact) mass is 339 g/mol. The maximum atomic E-state index is 5.97. The zero-order valence-electron chi connectivity index (χ0n) is 14.3. The molecule has 1 aromatic heterocycles. The van der Waals surface area contributed by atoms with Crippen molar-refractivity contribution in [2.45, 2.75) is 13.8 Å². The normalized spacial score (nSPS) is 10.5. The van der Waals surface area contributed by atoms with Gasteiger partial charge < -0.3 is 24.9 Å². The van der Waals surface area contributed by atoms with Crippen molar-refractivity contribution >= 4 is 17.4 Å². The minimum Gasteiger partial charge on any atom is -0.494 e. The number of anilines is 3. The molecule has 0 aliphatic heterocycles. The fraction of sp³-hybridized carbons (Fsp3) is 0.211. The van der Waals surface area contributed by atoms with Gasteiger partial charge in [0.25, 0.3) is 0 Å². The van der Waals surface area contributed by atoms with Gasteiger partial charge in [0.15, 0.2) is 5.82 Å². The molecule has 0 fully saturated rings. The summed E-state index contributed by atoms with van der Waals surface area (Å²) in [5.41, 5.74) is 7.63. The van der Waals surface area contributed by atoms with Crippen LogP contribution >= 0.6 is 0 Å². The first-order valence-corrected chi connectivity index (χ1v) is 8.19. The molecule has 130 valence electrons. The highest BCUT2D eigenvalue weighted by atomic mass is 16.5. The Morgan fingerprint density at radius 2 is 1.48 bits per heavy atom. The van der Waals surface area contributed by atoms with Crippen LogP contribution in [0, 0.1) is 0 Å². The van der Waals surface area contributed by atoms with Crippen molar-refractivity contribution in [1.29, 1.82) is 0 Å². The van der Waals surface area contributed by atoms with Crippen LogP contribution in [0.15, 0.2) is 52.9 Å². The molecule has 0 radical (unpaired) electrons. The van der Waals surface area contributed by atoms with Crippen LogP contribution in [0.5, 0.6) is 11.5 Å². The van der Waals surface area contributed by atoms with Crippen molar-refractivity contribution in [2.24, 2.45) is 0 Å². The van der Waals surface area contributed by atoms with Gasteiger partial charge in [-0.15, -0.1) is 0 Å². The van der Waals surface area contributed by atoms with E-state index in [0.29, 0.717) is 30.8 Å². The van der Waals surface area contributed by atoms with E-state index in [1.165, 1.54) is 0 Å². The van der Waals surface area contributed by atoms with Crippen molar-refractivity contribution in [3.8, 4) is 23.0 Å². The van der Waals surface area contributed by atoms with E-state index in [2.05, 4.69) is 10.3 Å². The fourth-order valence-corrected chi connectivity index (χ4v) is 2.34. The number of aromatic nitrogens is 1. The second-order valence-corrected chi connectivity index (χ2v) is 5.27. The first-order chi connectivity index (χ1) is 12.2. The maximum absolute atomic E-state index is 5.97. The minimum atomic E-state index is 0.303. The number of hydrogen-bond donors (Lipinski definition) is 2. The van der Waals surface area contributed by atoms with E-state index in [0.717, 1.165) is 22.7 Å². The van der Waals surface area contributed by atoms with Gasteiger partial charge in [-0.3, -0.25) is 0 Å². The largest absolute Gasteiger partial charge is 0.494 e. The van der Waals surface area contributed by atoms with Crippen LogP contribution in [0.2, 0.25) is 0 Å². The summed E-state index contributed by atoms with van der Waals surface area (Å²) < 4.78 is 16.6. The molecule has 0 saturated heterocycles. The number of oxazole rings is 1. The molecule has 0 unspecified atom stereocenters. The minimum absolute atomic E-state index is 0.303. The molecule has 25 heavy (non-hydrogen) atoms. The number of nitrogens with two attached hydrogens (primary N) is 1. The van der Waals surface area contributed by atoms with Crippen LogP contribution in [0.25, 0.3) is 11.5 Å². The van der Waals surface area contributed by atoms with Crippen LogP contribution in [0.4, 0.5) is 17.4 Å². The summed E-state index contributed by atoms with van der Waals surface area (Å²) in [4.78, 5) is 4.28. The lowest BCUT2D eigenvalue weighted by molar-refractivity contribution is 0.340. The Morgan fingerprint density at radius 3 is 2.04 bits per heavy atom. The van der Waals surface area contributed by atoms with Gasteiger partial charge in [-0.25, -0.2) is 0 Å². The van der Waals surface area contributed by atoms with Gasteiger partial charge in [-0.05, 0) is 62.4 Å². The van der Waals surface area contributed by atoms with Crippen molar-refractivity contribution < 1.29 is 13.9 Å². The molecule has 0 aliphatic carbocycles. The van der Waals surface area contributed by atoms with E-state index in [9.17, 15) is 0 Å². The number of nitrogen functional groups attached to an aromatic ring is 1. The molecule has 0 saturated carbocycles. The molecule has 6 heteroatoms. The van der Waals surface area contributed by atoms with Crippen molar-refractivity contribution in [3.63, 3.8) is 0 Å². The smallest absolute Gasteiger partial charge is 0.242 e. The summed E-state index contributed by atoms with van der Waals surface area (Å²) in [6.07, 6.45) is 0. The van der Waals surface area contributed by atoms with Crippen LogP contribution in [0.3, 0.4) is 0 Å². The third-order valence-electron chi connectivity index (χ3n) is 3.49. The molecule has 3 aromatic rings. The molecule has 6 nitrogen and oxygen atoms in total. The lowest BCUT2D eigenvalue weighted by Gasteiger charge is -2.06. The van der Waals surface area contributed by atoms with Gasteiger partial charge in [0.1, 0.15) is 11.5 Å². The third kappa shape index (κ3) is 4.03. The number of hydrogen-bond acceptors (Lipinski definition) is 6. The highest BCUT2D eigenvalue weighted by molar-refractivity contribution is 5.68. The van der Waals surface area contributed by atoms with Gasteiger partial charge >= 0.3 is 0 Å². The van der Waals surface area contributed by atoms with E-state index in [4.69, 9.17) is 19.6 Å². The summed E-state index contributed by atoms with van der Waals surface area (Å²) >= 11 is 0. The Bertz CT molecular complexity index is 811. The average molecular weight is 339 g/mol. The molecule has 0 atom stereocenters. The molecule has 1 heterocycles. The molecular weight excluding hydrogens is 318 g/mol. The van der Waals surface area contributed by atoms with Crippen LogP contribution in [-0.2, 0) is 0 Å². The Kier molecular flexibility index (Phi) is 5.09. The summed E-state index contributed by atoms with van der Waals surface area (Å²) in [6.45, 7) is 5.15. The number of nitrogens with zero attached hydrogens (tertiary/aromatic N) is 1. The van der Waals surface area contributed by atoms with Crippen molar-refractivity contribution in [2.75, 3.05) is 24.3 Å². The lowest BCUT2D eigenvalue weighted by Crippen LogP contribution is -1.95. The van der Waals surface area contributed by atoms with Gasteiger partial charge in [0.2, 0.25) is 11.8 Å². The third-order valence-corrected chi connectivity index (χ3v) is 3.49. The number of benzene rings is 2. The Labute approximate surface area is 146 Å². The molecular formula is C19H21N3O3. The molecule has 0 bridgehead atoms. The molecule has 2 aromatic carbocycles. The standard InChI is InChI=1S/C19H21N3O3/c1-3-23-15-9-5-13(6-10-15)18-22-17(20)19(25-18)21-14-7-11-16(12-8-14)24-4-2/h5-12,21H,3-4,20H2,1-2H3. The molecule has 3 N–H and O–H groups in total. The van der Waals surface area contributed by atoms with Crippen LogP contribution < -0.4 is 20.5 Å². The highest BCUT2D eigenvalue weighted by Gasteiger charge is 2.12. The zero-order valence-corrected chi connectivity index (χ0v) is 14.3. The van der Waals surface area contributed by atoms with Crippen molar-refractivity contribution in [1.82, 2.24) is 4.98 Å². The molecule has 3 rings (SSSR count). The fourth-order valence-electron chi connectivity index (χ4n) is 2.34. The van der Waals surface area contributed by atoms with Crippen molar-refractivity contribution in [3.05, 3.63) is 48.5 Å². The second-order valence-electron chi connectivity index (χ2n) is 5.27. The van der Waals surface area contributed by atoms with Crippen LogP contribution in [-0.4, -0.2) is 18.2 Å². The summed E-state index contributed by atoms with van der Waals surface area (Å²) in [6, 6.07) is 15.1. The first kappa shape index (κ1) is 16.7. The Balaban J connectivity index is 1.75. The summed E-state index contributed by atoms with van der Waals surface area (Å²) in [5, 5.41) is 3.13. The average Bonchev–Trinajstić information content (AvgIpc) is 2.98. The second kappa shape index (κ2) is 7.61. The van der Waals surface area contributed by atoms with E-state index >= 15 is 0 Å². The van der Waals surface area contributed by atoms with Gasteiger partial charge in [0, 0.05) is 11.3 Å². The van der Waals surface area contributed by atoms with E-state index in [1.54, 1.807) is 0 Å². The predicted octanol–water partition coefficient (Wildman–Crippen LogP) is 4.46. The summed E-state index contributed by atoms with van der Waals surface area (Å²) in [7, 11) is 0. The SMILES string of the molecule is CCOc1ccc(Nc2oc(-c3ccc(OCC)cc3)nc2N)cc1. The topological polar surface area (TPSA) is 82.5 Å². The number of nitrogens with one attached hydrogen (secondary N) is 1. The maximum Gasteiger partial charge on any atom is 0.242 e. The zero-order chi connectivity index (χ0) is 17.6. The predicted molar refractivity (Wildman–Crippen MR) is 98.4 cm³/mol. The van der Waals surface area contributed by atoms with Gasteiger partial charge in [0.05, 0.1) is 13.2 Å². The van der Waals surface area contributed by atoms with Gasteiger partial charge in [-0.2, -0.15) is 4.98 Å². The Hall–Kier alpha value is -3.15. The molecule has 0 aliphatic rings. The van der Waals surface area contributed by atoms with E-state index in [-0.39, 0.29) is 0 Å². The quantitative estimate of drug-likeness (QED) is 0.661. The molecule has 0 spiro atoms. The van der Waals surface area contributed by atoms with Gasteiger partial charge in [-0.1, -0.05) is 0 Å². The Morgan fingerprint density at radius 1 is 0.920 bits per heavy atom. The summed E-state index contributed by atoms with van der Waals surface area (Å²) in [5.74, 6) is 2.78. The molecule has 0 amide bonds. The van der Waals surface area contributed by atoms with Crippen LogP contribution in [0.1, 0.15) is 13.8 Å². The van der Waals surface area contributed by atoms with E-state index < -0.39 is 0 Å². The number of ether oxygens (including phenoxy) is 2. The number of rotatable bonds is 7. The van der Waals surface area contributed by atoms with E-state index in [1.807, 2.05) is 62.4 Å². The lowest BCUT2D eigenvalue weighted by atomic mass is 10.2. The first-order valence-electron chi connectivity index (χ1n) is 8.19.